The van der Waals surface area contributed by atoms with E-state index in [1.165, 1.54) is 0 Å². The van der Waals surface area contributed by atoms with Crippen molar-refractivity contribution in [3.05, 3.63) is 12.2 Å². The fourth-order valence-electron chi connectivity index (χ4n) is 1.32. The summed E-state index contributed by atoms with van der Waals surface area (Å²) in [5.41, 5.74) is 5.77. The summed E-state index contributed by atoms with van der Waals surface area (Å²) < 4.78 is 1.88. The maximum Gasteiger partial charge on any atom is 0.143 e. The predicted molar refractivity (Wildman–Crippen MR) is 36.2 cm³/mol. The summed E-state index contributed by atoms with van der Waals surface area (Å²) in [6, 6.07) is 0.108. The molecule has 10 heavy (non-hydrogen) atoms. The van der Waals surface area contributed by atoms with E-state index in [1.54, 1.807) is 6.33 Å². The van der Waals surface area contributed by atoms with Crippen LogP contribution in [0.5, 0.6) is 0 Å². The van der Waals surface area contributed by atoms with Crippen molar-refractivity contribution in [3.63, 3.8) is 0 Å². The highest BCUT2D eigenvalue weighted by Gasteiger charge is 2.17. The second kappa shape index (κ2) is 2.05. The van der Waals surface area contributed by atoms with Gasteiger partial charge in [-0.25, -0.2) is 9.67 Å². The van der Waals surface area contributed by atoms with Crippen molar-refractivity contribution in [1.29, 1.82) is 0 Å². The Morgan fingerprint density at radius 3 is 3.40 bits per heavy atom. The quantitative estimate of drug-likeness (QED) is 0.552. The number of nitrogens with zero attached hydrogens (tertiary/aromatic N) is 3. The Hall–Kier alpha value is -0.900. The molecule has 0 unspecified atom stereocenters. The van der Waals surface area contributed by atoms with Crippen LogP contribution in [0.25, 0.3) is 0 Å². The van der Waals surface area contributed by atoms with Crippen LogP contribution in [0.15, 0.2) is 6.33 Å². The maximum atomic E-state index is 5.77. The first-order chi connectivity index (χ1) is 4.88. The fourth-order valence-corrected chi connectivity index (χ4v) is 1.32. The summed E-state index contributed by atoms with van der Waals surface area (Å²) in [5.74, 6) is 0.936. The molecular formula is C6H10N4. The normalized spacial score (nSPS) is 24.3. The molecule has 0 bridgehead atoms. The van der Waals surface area contributed by atoms with Crippen LogP contribution in [0.1, 0.15) is 24.7 Å². The average molecular weight is 138 g/mol. The molecule has 1 atom stereocenters. The number of aromatic nitrogens is 3. The second-order valence-electron chi connectivity index (χ2n) is 2.59. The lowest BCUT2D eigenvalue weighted by atomic mass is 10.1. The molecule has 1 aliphatic heterocycles. The standard InChI is InChI=1S/C6H10N4/c7-5-2-1-3-10-6(5)8-4-9-10/h4-5H,1-3,7H2/t5-/m1/s1. The highest BCUT2D eigenvalue weighted by atomic mass is 15.3. The average Bonchev–Trinajstić information content (AvgIpc) is 2.36. The molecule has 2 heterocycles. The van der Waals surface area contributed by atoms with E-state index in [4.69, 9.17) is 5.73 Å². The van der Waals surface area contributed by atoms with Gasteiger partial charge in [-0.15, -0.1) is 0 Å². The topological polar surface area (TPSA) is 56.7 Å². The number of rotatable bonds is 0. The van der Waals surface area contributed by atoms with Crippen LogP contribution in [-0.4, -0.2) is 14.8 Å². The minimum atomic E-state index is 0.108. The zero-order chi connectivity index (χ0) is 6.97. The van der Waals surface area contributed by atoms with E-state index in [1.807, 2.05) is 4.68 Å². The molecule has 0 saturated heterocycles. The van der Waals surface area contributed by atoms with Gasteiger partial charge in [0.2, 0.25) is 0 Å². The molecule has 2 rings (SSSR count). The van der Waals surface area contributed by atoms with Crippen LogP contribution in [0.4, 0.5) is 0 Å². The lowest BCUT2D eigenvalue weighted by Crippen LogP contribution is -2.22. The number of hydrogen-bond acceptors (Lipinski definition) is 3. The van der Waals surface area contributed by atoms with Crippen molar-refractivity contribution < 1.29 is 0 Å². The minimum absolute atomic E-state index is 0.108. The van der Waals surface area contributed by atoms with Crippen molar-refractivity contribution in [3.8, 4) is 0 Å². The van der Waals surface area contributed by atoms with Gasteiger partial charge in [0.25, 0.3) is 0 Å². The summed E-state index contributed by atoms with van der Waals surface area (Å²) in [4.78, 5) is 4.06. The molecule has 0 aromatic carbocycles. The Morgan fingerprint density at radius 1 is 1.70 bits per heavy atom. The van der Waals surface area contributed by atoms with Crippen LogP contribution in [-0.2, 0) is 6.54 Å². The summed E-state index contributed by atoms with van der Waals surface area (Å²) in [7, 11) is 0. The van der Waals surface area contributed by atoms with Gasteiger partial charge in [-0.05, 0) is 12.8 Å². The van der Waals surface area contributed by atoms with E-state index in [9.17, 15) is 0 Å². The summed E-state index contributed by atoms with van der Waals surface area (Å²) in [5, 5.41) is 4.03. The van der Waals surface area contributed by atoms with E-state index in [0.717, 1.165) is 25.2 Å². The van der Waals surface area contributed by atoms with Crippen LogP contribution >= 0.6 is 0 Å². The molecule has 0 spiro atoms. The van der Waals surface area contributed by atoms with Gasteiger partial charge in [0.15, 0.2) is 0 Å². The molecule has 4 nitrogen and oxygen atoms in total. The number of nitrogens with two attached hydrogens (primary N) is 1. The third-order valence-electron chi connectivity index (χ3n) is 1.86. The summed E-state index contributed by atoms with van der Waals surface area (Å²) in [6.07, 6.45) is 3.73. The Kier molecular flexibility index (Phi) is 1.20. The van der Waals surface area contributed by atoms with E-state index >= 15 is 0 Å². The first-order valence-electron chi connectivity index (χ1n) is 3.51. The van der Waals surface area contributed by atoms with Crippen LogP contribution in [0.2, 0.25) is 0 Å². The van der Waals surface area contributed by atoms with E-state index in [0.29, 0.717) is 0 Å². The Morgan fingerprint density at radius 2 is 2.60 bits per heavy atom. The van der Waals surface area contributed by atoms with Gasteiger partial charge in [0.05, 0.1) is 6.04 Å². The SMILES string of the molecule is N[C@@H]1CCCn2ncnc21. The lowest BCUT2D eigenvalue weighted by molar-refractivity contribution is 0.422. The van der Waals surface area contributed by atoms with Gasteiger partial charge in [0, 0.05) is 6.54 Å². The van der Waals surface area contributed by atoms with Crippen molar-refractivity contribution in [2.45, 2.75) is 25.4 Å². The Balaban J connectivity index is 2.41. The van der Waals surface area contributed by atoms with Crippen molar-refractivity contribution in [1.82, 2.24) is 14.8 Å². The van der Waals surface area contributed by atoms with Gasteiger partial charge in [0.1, 0.15) is 12.2 Å². The van der Waals surface area contributed by atoms with Crippen LogP contribution < -0.4 is 5.73 Å². The molecule has 54 valence electrons. The molecule has 0 aliphatic carbocycles. The Labute approximate surface area is 59.1 Å². The van der Waals surface area contributed by atoms with Gasteiger partial charge < -0.3 is 5.73 Å². The van der Waals surface area contributed by atoms with Crippen molar-refractivity contribution in [2.75, 3.05) is 0 Å². The largest absolute Gasteiger partial charge is 0.321 e. The monoisotopic (exact) mass is 138 g/mol. The first-order valence-corrected chi connectivity index (χ1v) is 3.51. The Bertz CT molecular complexity index is 229. The molecule has 1 aromatic rings. The van der Waals surface area contributed by atoms with Crippen LogP contribution in [0, 0.1) is 0 Å². The zero-order valence-corrected chi connectivity index (χ0v) is 5.70. The smallest absolute Gasteiger partial charge is 0.143 e. The highest BCUT2D eigenvalue weighted by molar-refractivity contribution is 4.95. The molecule has 1 aliphatic rings. The van der Waals surface area contributed by atoms with Crippen molar-refractivity contribution >= 4 is 0 Å². The highest BCUT2D eigenvalue weighted by Crippen LogP contribution is 2.18. The predicted octanol–water partition coefficient (Wildman–Crippen LogP) is 0.0717. The molecule has 1 aromatic heterocycles. The van der Waals surface area contributed by atoms with Crippen molar-refractivity contribution in [2.24, 2.45) is 5.73 Å². The molecule has 0 saturated carbocycles. The molecule has 0 amide bonds. The lowest BCUT2D eigenvalue weighted by Gasteiger charge is -2.17. The van der Waals surface area contributed by atoms with Gasteiger partial charge in [-0.2, -0.15) is 5.10 Å². The molecule has 2 N–H and O–H groups in total. The zero-order valence-electron chi connectivity index (χ0n) is 5.70. The summed E-state index contributed by atoms with van der Waals surface area (Å²) >= 11 is 0. The van der Waals surface area contributed by atoms with E-state index < -0.39 is 0 Å². The maximum absolute atomic E-state index is 5.77. The van der Waals surface area contributed by atoms with Gasteiger partial charge in [-0.3, -0.25) is 0 Å². The van der Waals surface area contributed by atoms with Gasteiger partial charge >= 0.3 is 0 Å². The van der Waals surface area contributed by atoms with Gasteiger partial charge in [-0.1, -0.05) is 0 Å². The number of aryl methyl sites for hydroxylation is 1. The fraction of sp³-hybridized carbons (Fsp3) is 0.667. The molecule has 4 heteroatoms. The third-order valence-corrected chi connectivity index (χ3v) is 1.86. The molecule has 0 fully saturated rings. The number of hydrogen-bond donors (Lipinski definition) is 1. The van der Waals surface area contributed by atoms with Crippen LogP contribution in [0.3, 0.4) is 0 Å². The molecular weight excluding hydrogens is 128 g/mol. The third kappa shape index (κ3) is 0.724. The second-order valence-corrected chi connectivity index (χ2v) is 2.59. The number of fused-ring (bicyclic) bond motifs is 1. The van der Waals surface area contributed by atoms with E-state index in [2.05, 4.69) is 10.1 Å². The molecule has 0 radical (unpaired) electrons. The summed E-state index contributed by atoms with van der Waals surface area (Å²) in [6.45, 7) is 0.975. The minimum Gasteiger partial charge on any atom is -0.321 e. The van der Waals surface area contributed by atoms with E-state index in [-0.39, 0.29) is 6.04 Å². The first kappa shape index (κ1) is 5.85.